The van der Waals surface area contributed by atoms with Crippen molar-refractivity contribution >= 4 is 44.7 Å². The standard InChI is InChI=1S/C14H13BrN6O5.C2H5NO4/c15-11-9(1-2-10-12(11)17-4-3-16-10)19-13-18-5-6-20(13)14(22)25-7-8-26-21(23)24;4-1-2-7-3(5)6/h1-4H,5-8H2,(H,18,19);4H,1-2H2. The first-order valence-electron chi connectivity index (χ1n) is 9.15. The van der Waals surface area contributed by atoms with E-state index in [2.05, 4.69) is 45.9 Å². The molecule has 2 aromatic rings. The van der Waals surface area contributed by atoms with Crippen LogP contribution in [0.3, 0.4) is 0 Å². The number of amides is 1. The van der Waals surface area contributed by atoms with Crippen LogP contribution >= 0.6 is 15.9 Å². The van der Waals surface area contributed by atoms with Gasteiger partial charge in [-0.1, -0.05) is 0 Å². The number of aliphatic hydroxyl groups excluding tert-OH is 1. The summed E-state index contributed by atoms with van der Waals surface area (Å²) in [5.74, 6) is 0.314. The molecule has 0 radical (unpaired) electrons. The first kappa shape index (κ1) is 25.4. The van der Waals surface area contributed by atoms with Gasteiger partial charge in [-0.05, 0) is 28.1 Å². The number of carbonyl (C=O) groups is 1. The quantitative estimate of drug-likeness (QED) is 0.275. The summed E-state index contributed by atoms with van der Waals surface area (Å²) in [6.45, 7) is -0.267. The number of aliphatic imine (C=N–C) groups is 1. The molecule has 17 heteroatoms. The second-order valence-corrected chi connectivity index (χ2v) is 6.58. The summed E-state index contributed by atoms with van der Waals surface area (Å²) < 4.78 is 5.60. The predicted octanol–water partition coefficient (Wildman–Crippen LogP) is 0.817. The Balaban J connectivity index is 0.000000479. The number of benzene rings is 1. The number of nitrogens with one attached hydrogen (secondary N) is 1. The minimum absolute atomic E-state index is 0.237. The molecular formula is C16H18BrN7O9. The van der Waals surface area contributed by atoms with Gasteiger partial charge in [0.25, 0.3) is 10.2 Å². The molecule has 33 heavy (non-hydrogen) atoms. The zero-order chi connectivity index (χ0) is 24.2. The van der Waals surface area contributed by atoms with Crippen LogP contribution in [0.1, 0.15) is 0 Å². The zero-order valence-corrected chi connectivity index (χ0v) is 18.4. The van der Waals surface area contributed by atoms with Crippen LogP contribution in [0.5, 0.6) is 0 Å². The first-order valence-corrected chi connectivity index (χ1v) is 9.94. The van der Waals surface area contributed by atoms with Crippen LogP contribution < -0.4 is 5.32 Å². The predicted molar refractivity (Wildman–Crippen MR) is 113 cm³/mol. The van der Waals surface area contributed by atoms with E-state index in [0.29, 0.717) is 40.2 Å². The Bertz CT molecular complexity index is 1020. The highest BCUT2D eigenvalue weighted by Gasteiger charge is 2.26. The number of fused-ring (bicyclic) bond motifs is 1. The molecule has 178 valence electrons. The van der Waals surface area contributed by atoms with E-state index in [1.807, 2.05) is 0 Å². The van der Waals surface area contributed by atoms with Crippen molar-refractivity contribution in [3.8, 4) is 0 Å². The monoisotopic (exact) mass is 531 g/mol. The van der Waals surface area contributed by atoms with E-state index in [0.717, 1.165) is 0 Å². The molecule has 1 aliphatic rings. The molecule has 0 spiro atoms. The summed E-state index contributed by atoms with van der Waals surface area (Å²) in [5, 5.41) is 28.3. The van der Waals surface area contributed by atoms with Gasteiger partial charge in [-0.3, -0.25) is 9.97 Å². The average molecular weight is 532 g/mol. The van der Waals surface area contributed by atoms with Gasteiger partial charge >= 0.3 is 6.09 Å². The number of guanidine groups is 1. The van der Waals surface area contributed by atoms with Crippen molar-refractivity contribution in [1.29, 1.82) is 0 Å². The maximum atomic E-state index is 12.1. The molecule has 1 saturated heterocycles. The van der Waals surface area contributed by atoms with E-state index in [-0.39, 0.29) is 26.4 Å². The number of rotatable bonds is 8. The van der Waals surface area contributed by atoms with Crippen LogP contribution in [0.2, 0.25) is 0 Å². The molecule has 0 bridgehead atoms. The van der Waals surface area contributed by atoms with Crippen molar-refractivity contribution < 1.29 is 34.5 Å². The summed E-state index contributed by atoms with van der Waals surface area (Å²) in [4.78, 5) is 53.4. The molecule has 16 nitrogen and oxygen atoms in total. The van der Waals surface area contributed by atoms with Crippen LogP contribution in [-0.2, 0) is 14.4 Å². The summed E-state index contributed by atoms with van der Waals surface area (Å²) in [5.41, 5.74) is 1.93. The van der Waals surface area contributed by atoms with Gasteiger partial charge < -0.3 is 24.8 Å². The van der Waals surface area contributed by atoms with E-state index < -0.39 is 16.3 Å². The number of aromatic nitrogens is 2. The number of ether oxygens (including phenoxy) is 1. The van der Waals surface area contributed by atoms with Gasteiger partial charge in [-0.25, -0.2) is 14.7 Å². The Morgan fingerprint density at radius 2 is 1.88 bits per heavy atom. The highest BCUT2D eigenvalue weighted by atomic mass is 79.9. The average Bonchev–Trinajstić information content (AvgIpc) is 3.26. The van der Waals surface area contributed by atoms with E-state index >= 15 is 0 Å². The van der Waals surface area contributed by atoms with Crippen molar-refractivity contribution in [2.45, 2.75) is 0 Å². The van der Waals surface area contributed by atoms with Gasteiger partial charge in [0.05, 0.1) is 22.3 Å². The number of hydrogen-bond acceptors (Lipinski definition) is 12. The van der Waals surface area contributed by atoms with Gasteiger partial charge in [-0.2, -0.15) is 0 Å². The normalized spacial score (nSPS) is 13.6. The third kappa shape index (κ3) is 7.96. The lowest BCUT2D eigenvalue weighted by atomic mass is 10.2. The lowest BCUT2D eigenvalue weighted by Gasteiger charge is -2.15. The molecule has 1 aliphatic heterocycles. The van der Waals surface area contributed by atoms with E-state index in [1.165, 1.54) is 4.90 Å². The summed E-state index contributed by atoms with van der Waals surface area (Å²) in [6, 6.07) is 3.53. The number of halogens is 1. The Morgan fingerprint density at radius 3 is 2.55 bits per heavy atom. The highest BCUT2D eigenvalue weighted by Crippen LogP contribution is 2.31. The molecule has 1 fully saturated rings. The van der Waals surface area contributed by atoms with E-state index in [1.54, 1.807) is 24.5 Å². The van der Waals surface area contributed by atoms with Crippen molar-refractivity contribution in [3.05, 3.63) is 49.2 Å². The highest BCUT2D eigenvalue weighted by molar-refractivity contribution is 9.10. The molecule has 1 aromatic carbocycles. The lowest BCUT2D eigenvalue weighted by Crippen LogP contribution is -2.36. The molecule has 2 heterocycles. The van der Waals surface area contributed by atoms with Gasteiger partial charge in [0, 0.05) is 25.5 Å². The number of hydrogen-bond donors (Lipinski definition) is 2. The molecule has 2 N–H and O–H groups in total. The maximum Gasteiger partial charge on any atom is 0.416 e. The van der Waals surface area contributed by atoms with Gasteiger partial charge in [0.1, 0.15) is 25.3 Å². The fourth-order valence-electron chi connectivity index (χ4n) is 2.39. The minimum Gasteiger partial charge on any atom is -0.447 e. The maximum absolute atomic E-state index is 12.1. The minimum atomic E-state index is -0.948. The lowest BCUT2D eigenvalue weighted by molar-refractivity contribution is -0.758. The Morgan fingerprint density at radius 1 is 1.18 bits per heavy atom. The summed E-state index contributed by atoms with van der Waals surface area (Å²) >= 11 is 3.46. The summed E-state index contributed by atoms with van der Waals surface area (Å²) in [7, 11) is 0. The molecule has 0 atom stereocenters. The number of carbonyl (C=O) groups excluding carboxylic acids is 1. The summed E-state index contributed by atoms with van der Waals surface area (Å²) in [6.07, 6.45) is 2.51. The number of aliphatic hydroxyl groups is 1. The molecule has 1 amide bonds. The Labute approximate surface area is 193 Å². The third-order valence-electron chi connectivity index (χ3n) is 3.67. The smallest absolute Gasteiger partial charge is 0.416 e. The molecule has 1 aromatic heterocycles. The first-order chi connectivity index (χ1) is 15.8. The molecule has 0 saturated carbocycles. The zero-order valence-electron chi connectivity index (χ0n) is 16.8. The van der Waals surface area contributed by atoms with E-state index in [9.17, 15) is 25.0 Å². The molecule has 0 aliphatic carbocycles. The van der Waals surface area contributed by atoms with Gasteiger partial charge in [0.15, 0.2) is 0 Å². The fraction of sp³-hybridized carbons (Fsp3) is 0.375. The Hall–Kier alpha value is -3.86. The van der Waals surface area contributed by atoms with Crippen LogP contribution in [0.4, 0.5) is 10.5 Å². The van der Waals surface area contributed by atoms with Crippen LogP contribution in [-0.4, -0.2) is 81.7 Å². The largest absolute Gasteiger partial charge is 0.447 e. The van der Waals surface area contributed by atoms with Crippen molar-refractivity contribution in [2.75, 3.05) is 39.5 Å². The number of nitrogens with zero attached hydrogens (tertiary/aromatic N) is 6. The van der Waals surface area contributed by atoms with Crippen LogP contribution in [0.25, 0.3) is 11.0 Å². The third-order valence-corrected chi connectivity index (χ3v) is 4.45. The molecular weight excluding hydrogens is 514 g/mol. The van der Waals surface area contributed by atoms with Crippen molar-refractivity contribution in [1.82, 2.24) is 20.2 Å². The molecule has 3 rings (SSSR count). The SMILES string of the molecule is O=C(OCCO[N+](=O)[O-])N1CCNC1=Nc1ccc2nccnc2c1Br.O=[N+]([O-])OCCO. The topological polar surface area (TPSA) is 205 Å². The van der Waals surface area contributed by atoms with Gasteiger partial charge in [-0.15, -0.1) is 20.2 Å². The second kappa shape index (κ2) is 12.9. The van der Waals surface area contributed by atoms with E-state index in [4.69, 9.17) is 9.84 Å². The van der Waals surface area contributed by atoms with Crippen molar-refractivity contribution in [2.24, 2.45) is 4.99 Å². The van der Waals surface area contributed by atoms with Crippen LogP contribution in [0, 0.1) is 20.2 Å². The Kier molecular flexibility index (Phi) is 9.90. The van der Waals surface area contributed by atoms with Crippen LogP contribution in [0.15, 0.2) is 34.0 Å². The second-order valence-electron chi connectivity index (χ2n) is 5.79. The van der Waals surface area contributed by atoms with Crippen molar-refractivity contribution in [3.63, 3.8) is 0 Å². The van der Waals surface area contributed by atoms with Gasteiger partial charge in [0.2, 0.25) is 5.96 Å². The molecule has 0 unspecified atom stereocenters. The fourth-order valence-corrected chi connectivity index (χ4v) is 2.91.